The highest BCUT2D eigenvalue weighted by atomic mass is 32.1. The number of furan rings is 1. The van der Waals surface area contributed by atoms with Gasteiger partial charge in [-0.2, -0.15) is 0 Å². The highest BCUT2D eigenvalue weighted by Gasteiger charge is 2.35. The van der Waals surface area contributed by atoms with Gasteiger partial charge in [-0.05, 0) is 32.0 Å². The van der Waals surface area contributed by atoms with Crippen molar-refractivity contribution in [2.75, 3.05) is 39.8 Å². The number of methoxy groups -OCH3 is 2. The van der Waals surface area contributed by atoms with Crippen LogP contribution in [-0.4, -0.2) is 45.5 Å². The maximum atomic E-state index is 13.7. The van der Waals surface area contributed by atoms with Gasteiger partial charge in [0.05, 0.1) is 36.6 Å². The fraction of sp³-hybridized carbons (Fsp3) is 0.320. The smallest absolute Gasteiger partial charge is 0.338 e. The Morgan fingerprint density at radius 1 is 1.23 bits per heavy atom. The third-order valence-corrected chi connectivity index (χ3v) is 6.56. The van der Waals surface area contributed by atoms with Crippen LogP contribution in [0.25, 0.3) is 6.08 Å². The minimum Gasteiger partial charge on any atom is -0.497 e. The topological polar surface area (TPSA) is 95.5 Å². The Hall–Kier alpha value is -3.79. The van der Waals surface area contributed by atoms with E-state index in [0.29, 0.717) is 43.7 Å². The predicted octanol–water partition coefficient (Wildman–Crippen LogP) is 2.47. The van der Waals surface area contributed by atoms with Gasteiger partial charge in [-0.25, -0.2) is 9.79 Å². The molecule has 0 saturated heterocycles. The molecule has 0 radical (unpaired) electrons. The van der Waals surface area contributed by atoms with Crippen molar-refractivity contribution in [1.29, 1.82) is 0 Å². The van der Waals surface area contributed by atoms with E-state index in [4.69, 9.17) is 18.6 Å². The first-order valence-corrected chi connectivity index (χ1v) is 11.8. The summed E-state index contributed by atoms with van der Waals surface area (Å²) < 4.78 is 24.0. The van der Waals surface area contributed by atoms with Crippen molar-refractivity contribution in [3.63, 3.8) is 0 Å². The molecule has 0 bridgehead atoms. The van der Waals surface area contributed by atoms with Crippen LogP contribution >= 0.6 is 11.3 Å². The van der Waals surface area contributed by atoms with Gasteiger partial charge in [-0.3, -0.25) is 9.36 Å². The number of aromatic nitrogens is 1. The normalized spacial score (nSPS) is 15.5. The summed E-state index contributed by atoms with van der Waals surface area (Å²) in [7, 11) is 6.83. The lowest BCUT2D eigenvalue weighted by molar-refractivity contribution is -0.139. The summed E-state index contributed by atoms with van der Waals surface area (Å²) in [6.07, 6.45) is 1.68. The summed E-state index contributed by atoms with van der Waals surface area (Å²) in [4.78, 5) is 33.6. The van der Waals surface area contributed by atoms with Gasteiger partial charge in [-0.1, -0.05) is 11.3 Å². The summed E-state index contributed by atoms with van der Waals surface area (Å²) in [6.45, 7) is 3.67. The number of carbonyl (C=O) groups excluding carboxylic acids is 1. The number of benzene rings is 1. The number of hydrogen-bond donors (Lipinski definition) is 0. The molecule has 35 heavy (non-hydrogen) atoms. The van der Waals surface area contributed by atoms with Crippen molar-refractivity contribution in [3.8, 4) is 11.5 Å². The Labute approximate surface area is 206 Å². The van der Waals surface area contributed by atoms with Gasteiger partial charge in [0, 0.05) is 37.9 Å². The van der Waals surface area contributed by atoms with Gasteiger partial charge >= 0.3 is 5.97 Å². The van der Waals surface area contributed by atoms with E-state index in [1.807, 2.05) is 25.1 Å². The molecule has 0 saturated carbocycles. The lowest BCUT2D eigenvalue weighted by Crippen LogP contribution is -2.40. The fourth-order valence-electron chi connectivity index (χ4n) is 3.92. The maximum absolute atomic E-state index is 13.7. The quantitative estimate of drug-likeness (QED) is 0.463. The number of fused-ring (bicyclic) bond motifs is 1. The highest BCUT2D eigenvalue weighted by Crippen LogP contribution is 2.37. The molecule has 9 nitrogen and oxygen atoms in total. The molecule has 1 unspecified atom stereocenters. The molecule has 1 aliphatic heterocycles. The van der Waals surface area contributed by atoms with Crippen LogP contribution in [0.5, 0.6) is 11.5 Å². The molecule has 0 fully saturated rings. The van der Waals surface area contributed by atoms with Crippen LogP contribution in [0.1, 0.15) is 31.2 Å². The summed E-state index contributed by atoms with van der Waals surface area (Å²) in [6, 6.07) is 8.10. The summed E-state index contributed by atoms with van der Waals surface area (Å²) >= 11 is 1.23. The van der Waals surface area contributed by atoms with E-state index in [-0.39, 0.29) is 17.7 Å². The first-order chi connectivity index (χ1) is 16.8. The van der Waals surface area contributed by atoms with E-state index in [0.717, 1.165) is 0 Å². The van der Waals surface area contributed by atoms with Crippen molar-refractivity contribution in [1.82, 2.24) is 4.57 Å². The van der Waals surface area contributed by atoms with Gasteiger partial charge in [-0.15, -0.1) is 0 Å². The minimum atomic E-state index is -0.790. The third kappa shape index (κ3) is 4.49. The molecule has 0 spiro atoms. The molecule has 0 aliphatic carbocycles. The molecule has 10 heteroatoms. The van der Waals surface area contributed by atoms with Crippen LogP contribution in [0.15, 0.2) is 55.8 Å². The third-order valence-electron chi connectivity index (χ3n) is 5.58. The molecule has 0 N–H and O–H groups in total. The molecule has 3 heterocycles. The number of thiazole rings is 1. The average Bonchev–Trinajstić information content (AvgIpc) is 3.42. The van der Waals surface area contributed by atoms with E-state index in [9.17, 15) is 9.59 Å². The molecule has 1 aliphatic rings. The first kappa shape index (κ1) is 24.3. The molecular weight excluding hydrogens is 470 g/mol. The van der Waals surface area contributed by atoms with Gasteiger partial charge in [0.1, 0.15) is 23.3 Å². The molecule has 3 aromatic rings. The standard InChI is InChI=1S/C25H27N3O6S/c1-7-33-24(30)21-14(2)26-25-28(22(21)17-10-8-15(31-5)12-18(17)32-6)23(29)19(35-25)13-16-9-11-20(34-16)27(3)4/h8-13,22H,7H2,1-6H3/b19-13-. The van der Waals surface area contributed by atoms with Crippen LogP contribution in [-0.2, 0) is 9.53 Å². The Kier molecular flexibility index (Phi) is 6.83. The van der Waals surface area contributed by atoms with Crippen LogP contribution in [0.2, 0.25) is 0 Å². The monoisotopic (exact) mass is 497 g/mol. The Morgan fingerprint density at radius 3 is 2.63 bits per heavy atom. The maximum Gasteiger partial charge on any atom is 0.338 e. The highest BCUT2D eigenvalue weighted by molar-refractivity contribution is 7.07. The molecular formula is C25H27N3O6S. The Balaban J connectivity index is 1.96. The van der Waals surface area contributed by atoms with Gasteiger partial charge in [0.2, 0.25) is 0 Å². The molecule has 1 atom stereocenters. The van der Waals surface area contributed by atoms with Crippen molar-refractivity contribution in [2.45, 2.75) is 19.9 Å². The van der Waals surface area contributed by atoms with Crippen LogP contribution in [0, 0.1) is 0 Å². The number of nitrogens with zero attached hydrogens (tertiary/aromatic N) is 3. The van der Waals surface area contributed by atoms with E-state index < -0.39 is 12.0 Å². The molecule has 184 valence electrons. The molecule has 2 aromatic heterocycles. The van der Waals surface area contributed by atoms with E-state index in [1.165, 1.54) is 23.0 Å². The van der Waals surface area contributed by atoms with Crippen LogP contribution in [0.3, 0.4) is 0 Å². The molecule has 1 aromatic carbocycles. The Bertz CT molecular complexity index is 1480. The summed E-state index contributed by atoms with van der Waals surface area (Å²) in [5.74, 6) is 1.74. The fourth-order valence-corrected chi connectivity index (χ4v) is 4.95. The average molecular weight is 498 g/mol. The van der Waals surface area contributed by atoms with Crippen molar-refractivity contribution < 1.29 is 23.4 Å². The number of allylic oxidation sites excluding steroid dienone is 1. The Morgan fingerprint density at radius 2 is 2.00 bits per heavy atom. The van der Waals surface area contributed by atoms with E-state index in [2.05, 4.69) is 4.99 Å². The zero-order chi connectivity index (χ0) is 25.3. The summed E-state index contributed by atoms with van der Waals surface area (Å²) in [5.41, 5.74) is 1.08. The first-order valence-electron chi connectivity index (χ1n) is 11.0. The molecule has 0 amide bonds. The second-order valence-corrected chi connectivity index (χ2v) is 8.99. The largest absolute Gasteiger partial charge is 0.497 e. The SMILES string of the molecule is CCOC(=O)C1=C(C)N=c2s/c(=C\c3ccc(N(C)C)o3)c(=O)n2C1c1ccc(OC)cc1OC. The van der Waals surface area contributed by atoms with Crippen LogP contribution < -0.4 is 29.3 Å². The summed E-state index contributed by atoms with van der Waals surface area (Å²) in [5, 5.41) is 0. The van der Waals surface area contributed by atoms with Gasteiger partial charge in [0.25, 0.3) is 5.56 Å². The minimum absolute atomic E-state index is 0.194. The van der Waals surface area contributed by atoms with E-state index >= 15 is 0 Å². The number of hydrogen-bond acceptors (Lipinski definition) is 9. The number of anilines is 1. The number of ether oxygens (including phenoxy) is 3. The zero-order valence-electron chi connectivity index (χ0n) is 20.4. The molecule has 4 rings (SSSR count). The predicted molar refractivity (Wildman–Crippen MR) is 133 cm³/mol. The lowest BCUT2D eigenvalue weighted by atomic mass is 9.95. The number of carbonyl (C=O) groups is 1. The second kappa shape index (κ2) is 9.83. The van der Waals surface area contributed by atoms with Gasteiger partial charge in [0.15, 0.2) is 10.7 Å². The van der Waals surface area contributed by atoms with Crippen LogP contribution in [0.4, 0.5) is 5.88 Å². The van der Waals surface area contributed by atoms with Crippen molar-refractivity contribution in [2.24, 2.45) is 4.99 Å². The number of rotatable bonds is 7. The number of esters is 1. The van der Waals surface area contributed by atoms with Crippen molar-refractivity contribution >= 4 is 29.3 Å². The second-order valence-electron chi connectivity index (χ2n) is 7.98. The van der Waals surface area contributed by atoms with Gasteiger partial charge < -0.3 is 23.5 Å². The lowest BCUT2D eigenvalue weighted by Gasteiger charge is -2.26. The zero-order valence-corrected chi connectivity index (χ0v) is 21.3. The van der Waals surface area contributed by atoms with Crippen molar-refractivity contribution in [3.05, 3.63) is 72.6 Å². The van der Waals surface area contributed by atoms with E-state index in [1.54, 1.807) is 51.3 Å².